The molecule has 0 amide bonds. The standard InChI is InChI=1S/C19H28O2S/c1-18(2,3)17(20)21-15-11-13-9-7-8-10-14(13)12-16(15)22-19(4,5)6/h7-10,15-16H,11-12H2,1-6H3. The number of hydrogen-bond donors (Lipinski definition) is 0. The van der Waals surface area contributed by atoms with Gasteiger partial charge >= 0.3 is 5.97 Å². The minimum Gasteiger partial charge on any atom is -0.460 e. The average Bonchev–Trinajstić information content (AvgIpc) is 2.36. The number of benzene rings is 1. The van der Waals surface area contributed by atoms with E-state index in [9.17, 15) is 4.79 Å². The summed E-state index contributed by atoms with van der Waals surface area (Å²) in [5.74, 6) is -0.101. The van der Waals surface area contributed by atoms with Gasteiger partial charge < -0.3 is 4.74 Å². The van der Waals surface area contributed by atoms with E-state index in [-0.39, 0.29) is 16.8 Å². The highest BCUT2D eigenvalue weighted by atomic mass is 32.2. The first-order valence-electron chi connectivity index (χ1n) is 8.02. The van der Waals surface area contributed by atoms with Crippen molar-refractivity contribution < 1.29 is 9.53 Å². The predicted molar refractivity (Wildman–Crippen MR) is 94.3 cm³/mol. The fourth-order valence-corrected chi connectivity index (χ4v) is 4.13. The fourth-order valence-electron chi connectivity index (χ4n) is 2.66. The molecule has 2 atom stereocenters. The summed E-state index contributed by atoms with van der Waals surface area (Å²) in [4.78, 5) is 12.3. The second-order valence-electron chi connectivity index (χ2n) is 8.14. The van der Waals surface area contributed by atoms with Crippen LogP contribution in [0.4, 0.5) is 0 Å². The van der Waals surface area contributed by atoms with Gasteiger partial charge in [0.1, 0.15) is 6.10 Å². The minimum absolute atomic E-state index is 0.0363. The number of esters is 1. The van der Waals surface area contributed by atoms with Crippen molar-refractivity contribution >= 4 is 17.7 Å². The summed E-state index contributed by atoms with van der Waals surface area (Å²) >= 11 is 1.92. The molecular weight excluding hydrogens is 292 g/mol. The zero-order valence-electron chi connectivity index (χ0n) is 14.6. The van der Waals surface area contributed by atoms with E-state index >= 15 is 0 Å². The highest BCUT2D eigenvalue weighted by Crippen LogP contribution is 2.38. The van der Waals surface area contributed by atoms with Gasteiger partial charge in [-0.1, -0.05) is 45.0 Å². The molecule has 122 valence electrons. The van der Waals surface area contributed by atoms with E-state index in [2.05, 4.69) is 45.0 Å². The van der Waals surface area contributed by atoms with E-state index in [4.69, 9.17) is 4.74 Å². The van der Waals surface area contributed by atoms with Crippen molar-refractivity contribution in [1.82, 2.24) is 0 Å². The van der Waals surface area contributed by atoms with Gasteiger partial charge in [-0.05, 0) is 38.3 Å². The summed E-state index contributed by atoms with van der Waals surface area (Å²) in [6.45, 7) is 12.4. The molecule has 0 aliphatic heterocycles. The largest absolute Gasteiger partial charge is 0.460 e. The van der Waals surface area contributed by atoms with Crippen LogP contribution in [0.25, 0.3) is 0 Å². The molecule has 2 unspecified atom stereocenters. The van der Waals surface area contributed by atoms with Crippen molar-refractivity contribution in [2.45, 2.75) is 70.5 Å². The maximum atomic E-state index is 12.3. The normalized spacial score (nSPS) is 22.1. The van der Waals surface area contributed by atoms with Crippen LogP contribution in [0.3, 0.4) is 0 Å². The lowest BCUT2D eigenvalue weighted by Crippen LogP contribution is -2.41. The second-order valence-corrected chi connectivity index (χ2v) is 10.2. The van der Waals surface area contributed by atoms with Crippen molar-refractivity contribution in [3.05, 3.63) is 35.4 Å². The van der Waals surface area contributed by atoms with Gasteiger partial charge in [-0.15, -0.1) is 11.8 Å². The zero-order chi connectivity index (χ0) is 16.5. The zero-order valence-corrected chi connectivity index (χ0v) is 15.4. The molecule has 0 aromatic heterocycles. The van der Waals surface area contributed by atoms with Crippen molar-refractivity contribution in [3.8, 4) is 0 Å². The van der Waals surface area contributed by atoms with E-state index < -0.39 is 5.41 Å². The Bertz CT molecular complexity index is 537. The average molecular weight is 320 g/mol. The molecule has 0 saturated heterocycles. The molecule has 1 aliphatic carbocycles. The van der Waals surface area contributed by atoms with Gasteiger partial charge in [0.15, 0.2) is 0 Å². The number of ether oxygens (including phenoxy) is 1. The molecule has 0 spiro atoms. The number of fused-ring (bicyclic) bond motifs is 1. The summed E-state index contributed by atoms with van der Waals surface area (Å²) in [7, 11) is 0. The number of thioether (sulfide) groups is 1. The van der Waals surface area contributed by atoms with Gasteiger partial charge in [-0.3, -0.25) is 4.79 Å². The van der Waals surface area contributed by atoms with E-state index in [0.717, 1.165) is 12.8 Å². The monoisotopic (exact) mass is 320 g/mol. The van der Waals surface area contributed by atoms with Crippen LogP contribution in [0, 0.1) is 5.41 Å². The van der Waals surface area contributed by atoms with Crippen LogP contribution in [-0.4, -0.2) is 22.1 Å². The first-order valence-corrected chi connectivity index (χ1v) is 8.90. The summed E-state index contributed by atoms with van der Waals surface area (Å²) in [6.07, 6.45) is 1.76. The third-order valence-electron chi connectivity index (χ3n) is 3.75. The highest BCUT2D eigenvalue weighted by Gasteiger charge is 2.36. The Morgan fingerprint density at radius 3 is 2.09 bits per heavy atom. The third kappa shape index (κ3) is 4.52. The number of carbonyl (C=O) groups excluding carboxylic acids is 1. The Balaban J connectivity index is 2.22. The molecule has 0 fully saturated rings. The first kappa shape index (κ1) is 17.4. The molecule has 3 heteroatoms. The van der Waals surface area contributed by atoms with Gasteiger partial charge in [0.25, 0.3) is 0 Å². The molecule has 2 rings (SSSR count). The third-order valence-corrected chi connectivity index (χ3v) is 5.23. The van der Waals surface area contributed by atoms with Crippen molar-refractivity contribution in [1.29, 1.82) is 0 Å². The number of rotatable bonds is 2. The smallest absolute Gasteiger partial charge is 0.311 e. The Hall–Kier alpha value is -0.960. The van der Waals surface area contributed by atoms with Crippen LogP contribution in [0.5, 0.6) is 0 Å². The van der Waals surface area contributed by atoms with Crippen molar-refractivity contribution in [2.75, 3.05) is 0 Å². The summed E-state index contributed by atoms with van der Waals surface area (Å²) in [5.41, 5.74) is 2.26. The molecule has 22 heavy (non-hydrogen) atoms. The quantitative estimate of drug-likeness (QED) is 0.742. The van der Waals surface area contributed by atoms with Crippen molar-refractivity contribution in [3.63, 3.8) is 0 Å². The van der Waals surface area contributed by atoms with Crippen LogP contribution < -0.4 is 0 Å². The number of hydrogen-bond acceptors (Lipinski definition) is 3. The molecule has 1 aromatic rings. The van der Waals surface area contributed by atoms with E-state index in [1.54, 1.807) is 0 Å². The van der Waals surface area contributed by atoms with Crippen LogP contribution in [0.2, 0.25) is 0 Å². The van der Waals surface area contributed by atoms with Gasteiger partial charge in [0, 0.05) is 16.4 Å². The molecule has 1 aromatic carbocycles. The molecule has 0 radical (unpaired) electrons. The van der Waals surface area contributed by atoms with E-state index in [0.29, 0.717) is 5.25 Å². The summed E-state index contributed by atoms with van der Waals surface area (Å²) < 4.78 is 6.07. The lowest BCUT2D eigenvalue weighted by Gasteiger charge is -2.37. The lowest BCUT2D eigenvalue weighted by molar-refractivity contribution is -0.158. The molecule has 2 nitrogen and oxygen atoms in total. The molecule has 0 heterocycles. The predicted octanol–water partition coefficient (Wildman–Crippen LogP) is 4.64. The summed E-state index contributed by atoms with van der Waals surface area (Å²) in [6, 6.07) is 8.52. The topological polar surface area (TPSA) is 26.3 Å². The fraction of sp³-hybridized carbons (Fsp3) is 0.632. The lowest BCUT2D eigenvalue weighted by atomic mass is 9.89. The molecule has 1 aliphatic rings. The molecule has 0 N–H and O–H groups in total. The van der Waals surface area contributed by atoms with Crippen molar-refractivity contribution in [2.24, 2.45) is 5.41 Å². The van der Waals surface area contributed by atoms with Gasteiger partial charge in [-0.2, -0.15) is 0 Å². The summed E-state index contributed by atoms with van der Waals surface area (Å²) in [5, 5.41) is 0.321. The SMILES string of the molecule is CC(C)(C)SC1Cc2ccccc2CC1OC(=O)C(C)(C)C. The van der Waals surface area contributed by atoms with Crippen LogP contribution in [0.1, 0.15) is 52.7 Å². The Labute approximate surface area is 139 Å². The van der Waals surface area contributed by atoms with Gasteiger partial charge in [-0.25, -0.2) is 0 Å². The van der Waals surface area contributed by atoms with Crippen LogP contribution >= 0.6 is 11.8 Å². The number of carbonyl (C=O) groups is 1. The van der Waals surface area contributed by atoms with E-state index in [1.807, 2.05) is 32.5 Å². The second kappa shape index (κ2) is 6.27. The Morgan fingerprint density at radius 2 is 1.59 bits per heavy atom. The highest BCUT2D eigenvalue weighted by molar-refractivity contribution is 8.01. The maximum Gasteiger partial charge on any atom is 0.311 e. The molecule has 0 saturated carbocycles. The molecule has 0 bridgehead atoms. The Kier molecular flexibility index (Phi) is 4.96. The van der Waals surface area contributed by atoms with Crippen LogP contribution in [0.15, 0.2) is 24.3 Å². The first-order chi connectivity index (χ1) is 10.1. The Morgan fingerprint density at radius 1 is 1.05 bits per heavy atom. The van der Waals surface area contributed by atoms with Crippen LogP contribution in [-0.2, 0) is 22.4 Å². The van der Waals surface area contributed by atoms with Gasteiger partial charge in [0.05, 0.1) is 5.41 Å². The minimum atomic E-state index is -0.450. The maximum absolute atomic E-state index is 12.3. The molecular formula is C19H28O2S. The van der Waals surface area contributed by atoms with E-state index in [1.165, 1.54) is 11.1 Å². The van der Waals surface area contributed by atoms with Gasteiger partial charge in [0.2, 0.25) is 0 Å².